The third kappa shape index (κ3) is 7.93. The molecule has 1 fully saturated rings. The van der Waals surface area contributed by atoms with Crippen molar-refractivity contribution in [3.8, 4) is 0 Å². The summed E-state index contributed by atoms with van der Waals surface area (Å²) in [6.07, 6.45) is 6.22. The van der Waals surface area contributed by atoms with Crippen LogP contribution in [0.25, 0.3) is 0 Å². The largest absolute Gasteiger partial charge is 0.639 e. The fraction of sp³-hybridized carbons (Fsp3) is 1.00. The molecule has 0 bridgehead atoms. The Kier molecular flexibility index (Phi) is 9.52. The minimum Gasteiger partial charge on any atom is -0.386 e. The molecule has 0 saturated carbocycles. The maximum Gasteiger partial charge on any atom is 0.639 e. The Labute approximate surface area is 119 Å². The van der Waals surface area contributed by atoms with Crippen molar-refractivity contribution in [1.82, 2.24) is 4.90 Å². The standard InChI is InChI=1S/C14H30BNO3/c1-4-6-9-16(10-7-5-2)11-13-18-15-17-12-8-14(3)19-15/h14H,4-13H2,1-3H3. The van der Waals surface area contributed by atoms with Gasteiger partial charge in [0.15, 0.2) is 0 Å². The van der Waals surface area contributed by atoms with E-state index in [-0.39, 0.29) is 6.10 Å². The van der Waals surface area contributed by atoms with Gasteiger partial charge in [0.05, 0.1) is 0 Å². The molecule has 0 amide bonds. The third-order valence-electron chi connectivity index (χ3n) is 3.44. The van der Waals surface area contributed by atoms with E-state index in [2.05, 4.69) is 25.7 Å². The number of hydrogen-bond donors (Lipinski definition) is 0. The van der Waals surface area contributed by atoms with Crippen LogP contribution >= 0.6 is 0 Å². The minimum atomic E-state index is -0.456. The van der Waals surface area contributed by atoms with Crippen molar-refractivity contribution in [2.75, 3.05) is 32.8 Å². The first-order chi connectivity index (χ1) is 9.26. The number of unbranched alkanes of at least 4 members (excludes halogenated alkanes) is 2. The molecular formula is C14H30BNO3. The average Bonchev–Trinajstić information content (AvgIpc) is 2.41. The van der Waals surface area contributed by atoms with Crippen LogP contribution < -0.4 is 0 Å². The summed E-state index contributed by atoms with van der Waals surface area (Å²) in [6.45, 7) is 11.3. The van der Waals surface area contributed by atoms with Crippen LogP contribution in [0.3, 0.4) is 0 Å². The van der Waals surface area contributed by atoms with Crippen LogP contribution in [-0.4, -0.2) is 51.2 Å². The Morgan fingerprint density at radius 3 is 2.42 bits per heavy atom. The van der Waals surface area contributed by atoms with E-state index in [0.717, 1.165) is 19.6 Å². The molecule has 1 rings (SSSR count). The SMILES string of the molecule is CCCCN(CCCC)CCOB1OCCC(C)O1. The predicted molar refractivity (Wildman–Crippen MR) is 79.1 cm³/mol. The summed E-state index contributed by atoms with van der Waals surface area (Å²) in [6, 6.07) is 0. The van der Waals surface area contributed by atoms with Gasteiger partial charge in [-0.05, 0) is 39.3 Å². The summed E-state index contributed by atoms with van der Waals surface area (Å²) < 4.78 is 16.7. The van der Waals surface area contributed by atoms with Crippen LogP contribution in [0.15, 0.2) is 0 Å². The summed E-state index contributed by atoms with van der Waals surface area (Å²) in [5.74, 6) is 0. The van der Waals surface area contributed by atoms with Crippen LogP contribution in [-0.2, 0) is 14.0 Å². The van der Waals surface area contributed by atoms with E-state index in [1.54, 1.807) is 0 Å². The Balaban J connectivity index is 2.14. The van der Waals surface area contributed by atoms with Crippen LogP contribution in [0.5, 0.6) is 0 Å². The average molecular weight is 271 g/mol. The maximum absolute atomic E-state index is 5.66. The Morgan fingerprint density at radius 1 is 1.16 bits per heavy atom. The van der Waals surface area contributed by atoms with Crippen molar-refractivity contribution in [2.24, 2.45) is 0 Å². The molecule has 19 heavy (non-hydrogen) atoms. The number of nitrogens with zero attached hydrogens (tertiary/aromatic N) is 1. The number of hydrogen-bond acceptors (Lipinski definition) is 4. The van der Waals surface area contributed by atoms with Gasteiger partial charge in [-0.2, -0.15) is 0 Å². The molecule has 1 aliphatic heterocycles. The summed E-state index contributed by atoms with van der Waals surface area (Å²) in [5.41, 5.74) is 0. The van der Waals surface area contributed by atoms with Crippen LogP contribution in [0.2, 0.25) is 0 Å². The second-order valence-electron chi connectivity index (χ2n) is 5.31. The van der Waals surface area contributed by atoms with Crippen molar-refractivity contribution in [2.45, 2.75) is 59.0 Å². The van der Waals surface area contributed by atoms with Gasteiger partial charge in [0.1, 0.15) is 0 Å². The summed E-state index contributed by atoms with van der Waals surface area (Å²) >= 11 is 0. The summed E-state index contributed by atoms with van der Waals surface area (Å²) in [4.78, 5) is 2.49. The van der Waals surface area contributed by atoms with Crippen molar-refractivity contribution >= 4 is 7.32 Å². The van der Waals surface area contributed by atoms with Crippen LogP contribution in [0.4, 0.5) is 0 Å². The van der Waals surface area contributed by atoms with Crippen molar-refractivity contribution in [3.05, 3.63) is 0 Å². The molecule has 0 N–H and O–H groups in total. The molecule has 0 radical (unpaired) electrons. The van der Waals surface area contributed by atoms with E-state index in [0.29, 0.717) is 6.61 Å². The highest BCUT2D eigenvalue weighted by Gasteiger charge is 2.28. The lowest BCUT2D eigenvalue weighted by atomic mass is 10.1. The number of rotatable bonds is 10. The van der Waals surface area contributed by atoms with Gasteiger partial charge in [0, 0.05) is 25.9 Å². The third-order valence-corrected chi connectivity index (χ3v) is 3.44. The lowest BCUT2D eigenvalue weighted by Crippen LogP contribution is -2.39. The van der Waals surface area contributed by atoms with Crippen molar-refractivity contribution in [1.29, 1.82) is 0 Å². The van der Waals surface area contributed by atoms with E-state index in [1.165, 1.54) is 38.8 Å². The molecule has 5 heteroatoms. The second kappa shape index (κ2) is 10.7. The Hall–Kier alpha value is -0.0951. The first kappa shape index (κ1) is 17.0. The minimum absolute atomic E-state index is 0.245. The van der Waals surface area contributed by atoms with Crippen LogP contribution in [0.1, 0.15) is 52.9 Å². The van der Waals surface area contributed by atoms with Gasteiger partial charge in [0.25, 0.3) is 0 Å². The smallest absolute Gasteiger partial charge is 0.386 e. The van der Waals surface area contributed by atoms with E-state index < -0.39 is 7.32 Å². The lowest BCUT2D eigenvalue weighted by molar-refractivity contribution is 0.0113. The predicted octanol–water partition coefficient (Wildman–Crippen LogP) is 2.72. The van der Waals surface area contributed by atoms with Gasteiger partial charge >= 0.3 is 7.32 Å². The monoisotopic (exact) mass is 271 g/mol. The second-order valence-corrected chi connectivity index (χ2v) is 5.31. The first-order valence-electron chi connectivity index (χ1n) is 7.87. The quantitative estimate of drug-likeness (QED) is 0.572. The molecule has 1 saturated heterocycles. The van der Waals surface area contributed by atoms with Gasteiger partial charge in [-0.1, -0.05) is 26.7 Å². The van der Waals surface area contributed by atoms with Gasteiger partial charge < -0.3 is 18.9 Å². The van der Waals surface area contributed by atoms with Gasteiger partial charge in [-0.3, -0.25) is 0 Å². The molecule has 0 spiro atoms. The zero-order valence-electron chi connectivity index (χ0n) is 12.9. The molecular weight excluding hydrogens is 241 g/mol. The molecule has 0 aromatic rings. The maximum atomic E-state index is 5.66. The fourth-order valence-corrected chi connectivity index (χ4v) is 2.09. The molecule has 1 atom stereocenters. The first-order valence-corrected chi connectivity index (χ1v) is 7.87. The zero-order chi connectivity index (χ0) is 13.9. The summed E-state index contributed by atoms with van der Waals surface area (Å²) in [5, 5.41) is 0. The highest BCUT2D eigenvalue weighted by atomic mass is 16.7. The van der Waals surface area contributed by atoms with E-state index in [9.17, 15) is 0 Å². The Morgan fingerprint density at radius 2 is 1.84 bits per heavy atom. The van der Waals surface area contributed by atoms with Gasteiger partial charge in [-0.25, -0.2) is 0 Å². The topological polar surface area (TPSA) is 30.9 Å². The lowest BCUT2D eigenvalue weighted by Gasteiger charge is -2.26. The van der Waals surface area contributed by atoms with E-state index in [1.807, 2.05) is 0 Å². The molecule has 4 nitrogen and oxygen atoms in total. The fourth-order valence-electron chi connectivity index (χ4n) is 2.09. The molecule has 0 aromatic carbocycles. The van der Waals surface area contributed by atoms with Crippen molar-refractivity contribution in [3.63, 3.8) is 0 Å². The highest BCUT2D eigenvalue weighted by molar-refractivity contribution is 6.36. The molecule has 0 aliphatic carbocycles. The van der Waals surface area contributed by atoms with E-state index >= 15 is 0 Å². The summed E-state index contributed by atoms with van der Waals surface area (Å²) in [7, 11) is -0.456. The Bertz CT molecular complexity index is 211. The molecule has 1 heterocycles. The molecule has 1 unspecified atom stereocenters. The van der Waals surface area contributed by atoms with Gasteiger partial charge in [-0.15, -0.1) is 0 Å². The zero-order valence-corrected chi connectivity index (χ0v) is 12.9. The normalized spacial score (nSPS) is 20.2. The highest BCUT2D eigenvalue weighted by Crippen LogP contribution is 2.09. The molecule has 0 aromatic heterocycles. The van der Waals surface area contributed by atoms with Crippen molar-refractivity contribution < 1.29 is 14.0 Å². The van der Waals surface area contributed by atoms with Gasteiger partial charge in [0.2, 0.25) is 0 Å². The molecule has 112 valence electrons. The van der Waals surface area contributed by atoms with E-state index in [4.69, 9.17) is 14.0 Å². The molecule has 1 aliphatic rings. The van der Waals surface area contributed by atoms with Crippen LogP contribution in [0, 0.1) is 0 Å².